The first-order valence-corrected chi connectivity index (χ1v) is 10.5. The van der Waals surface area contributed by atoms with Crippen LogP contribution < -0.4 is 10.9 Å². The Morgan fingerprint density at radius 1 is 1.12 bits per heavy atom. The fourth-order valence-corrected chi connectivity index (χ4v) is 4.21. The standard InChI is InChI=1S/C21H18F3N5O2S/c1-12-7-3-5-9-15(12)28-18(31)14-8-4-6-10-16(14)29-19(28)26-27-20(29)32-13(2)17(30)25-11-21(22,23)24/h3-10,13H,11H2,1-2H3,(H,25,30). The minimum atomic E-state index is -4.50. The number of amides is 1. The molecule has 0 saturated heterocycles. The highest BCUT2D eigenvalue weighted by atomic mass is 32.2. The SMILES string of the molecule is Cc1ccccc1-n1c(=O)c2ccccc2n2c(SC(C)C(=O)NCC(F)(F)F)nnc12. The maximum absolute atomic E-state index is 13.3. The van der Waals surface area contributed by atoms with Crippen molar-refractivity contribution in [2.75, 3.05) is 6.54 Å². The smallest absolute Gasteiger partial charge is 0.346 e. The van der Waals surface area contributed by atoms with Crippen LogP contribution in [0.15, 0.2) is 58.5 Å². The van der Waals surface area contributed by atoms with Gasteiger partial charge in [-0.2, -0.15) is 13.2 Å². The van der Waals surface area contributed by atoms with Crippen molar-refractivity contribution in [1.29, 1.82) is 0 Å². The van der Waals surface area contributed by atoms with Crippen LogP contribution in [0.3, 0.4) is 0 Å². The second kappa shape index (κ2) is 8.30. The first-order chi connectivity index (χ1) is 15.2. The van der Waals surface area contributed by atoms with E-state index in [0.29, 0.717) is 16.6 Å². The number of para-hydroxylation sites is 2. The molecule has 0 aliphatic rings. The number of thioether (sulfide) groups is 1. The molecule has 166 valence electrons. The van der Waals surface area contributed by atoms with Crippen molar-refractivity contribution in [3.8, 4) is 5.69 Å². The van der Waals surface area contributed by atoms with Crippen molar-refractivity contribution < 1.29 is 18.0 Å². The lowest BCUT2D eigenvalue weighted by Crippen LogP contribution is -2.38. The van der Waals surface area contributed by atoms with Crippen molar-refractivity contribution in [2.24, 2.45) is 0 Å². The summed E-state index contributed by atoms with van der Waals surface area (Å²) in [6.07, 6.45) is -4.50. The Kier molecular flexibility index (Phi) is 5.68. The maximum Gasteiger partial charge on any atom is 0.405 e. The fourth-order valence-electron chi connectivity index (χ4n) is 3.33. The van der Waals surface area contributed by atoms with Crippen LogP contribution in [0, 0.1) is 6.92 Å². The van der Waals surface area contributed by atoms with E-state index in [4.69, 9.17) is 0 Å². The minimum absolute atomic E-state index is 0.244. The third-order valence-electron chi connectivity index (χ3n) is 4.87. The van der Waals surface area contributed by atoms with E-state index in [-0.39, 0.29) is 16.5 Å². The van der Waals surface area contributed by atoms with E-state index in [1.165, 1.54) is 11.5 Å². The third-order valence-corrected chi connectivity index (χ3v) is 5.91. The Bertz CT molecular complexity index is 1380. The van der Waals surface area contributed by atoms with Gasteiger partial charge in [-0.15, -0.1) is 10.2 Å². The fraction of sp³-hybridized carbons (Fsp3) is 0.238. The van der Waals surface area contributed by atoms with E-state index in [1.54, 1.807) is 40.8 Å². The van der Waals surface area contributed by atoms with E-state index in [1.807, 2.05) is 24.4 Å². The normalized spacial score (nSPS) is 12.9. The number of aryl methyl sites for hydroxylation is 1. The molecule has 0 saturated carbocycles. The molecule has 7 nitrogen and oxygen atoms in total. The average molecular weight is 461 g/mol. The van der Waals surface area contributed by atoms with Gasteiger partial charge in [0, 0.05) is 0 Å². The summed E-state index contributed by atoms with van der Waals surface area (Å²) in [6, 6.07) is 14.2. The summed E-state index contributed by atoms with van der Waals surface area (Å²) in [4.78, 5) is 25.5. The molecule has 0 radical (unpaired) electrons. The van der Waals surface area contributed by atoms with Crippen LogP contribution in [-0.4, -0.2) is 43.0 Å². The van der Waals surface area contributed by atoms with Gasteiger partial charge in [-0.05, 0) is 37.6 Å². The van der Waals surface area contributed by atoms with Crippen molar-refractivity contribution in [3.05, 3.63) is 64.4 Å². The van der Waals surface area contributed by atoms with Gasteiger partial charge >= 0.3 is 6.18 Å². The highest BCUT2D eigenvalue weighted by Gasteiger charge is 2.29. The number of fused-ring (bicyclic) bond motifs is 3. The molecule has 1 atom stereocenters. The molecule has 4 rings (SSSR count). The van der Waals surface area contributed by atoms with Gasteiger partial charge in [0.25, 0.3) is 5.56 Å². The van der Waals surface area contributed by atoms with E-state index < -0.39 is 23.9 Å². The molecule has 1 N–H and O–H groups in total. The van der Waals surface area contributed by atoms with Crippen LogP contribution in [0.1, 0.15) is 12.5 Å². The molecular formula is C21H18F3N5O2S. The number of halogens is 3. The molecule has 11 heteroatoms. The van der Waals surface area contributed by atoms with E-state index in [9.17, 15) is 22.8 Å². The Labute approximate surface area is 184 Å². The summed E-state index contributed by atoms with van der Waals surface area (Å²) in [7, 11) is 0. The number of carbonyl (C=O) groups is 1. The van der Waals surface area contributed by atoms with Crippen molar-refractivity contribution in [3.63, 3.8) is 0 Å². The predicted molar refractivity (Wildman–Crippen MR) is 115 cm³/mol. The summed E-state index contributed by atoms with van der Waals surface area (Å²) >= 11 is 0.962. The first kappa shape index (κ1) is 21.9. The predicted octanol–water partition coefficient (Wildman–Crippen LogP) is 3.50. The molecule has 0 fully saturated rings. The number of benzene rings is 2. The molecule has 1 amide bonds. The Hall–Kier alpha value is -3.34. The molecule has 4 aromatic rings. The lowest BCUT2D eigenvalue weighted by molar-refractivity contribution is -0.137. The van der Waals surface area contributed by atoms with E-state index in [0.717, 1.165) is 17.3 Å². The number of nitrogens with zero attached hydrogens (tertiary/aromatic N) is 4. The second-order valence-corrected chi connectivity index (χ2v) is 8.46. The van der Waals surface area contributed by atoms with Gasteiger partial charge in [-0.25, -0.2) is 4.57 Å². The number of alkyl halides is 3. The molecule has 0 spiro atoms. The zero-order valence-electron chi connectivity index (χ0n) is 17.1. The summed E-state index contributed by atoms with van der Waals surface area (Å²) < 4.78 is 40.4. The van der Waals surface area contributed by atoms with Gasteiger partial charge in [-0.3, -0.25) is 14.0 Å². The molecule has 2 aromatic heterocycles. The number of carbonyl (C=O) groups excluding carboxylic acids is 1. The Balaban J connectivity index is 1.84. The van der Waals surface area contributed by atoms with Crippen molar-refractivity contribution in [2.45, 2.75) is 30.4 Å². The summed E-state index contributed by atoms with van der Waals surface area (Å²) in [5.74, 6) is -0.533. The van der Waals surface area contributed by atoms with Crippen LogP contribution in [0.25, 0.3) is 22.4 Å². The number of hydrogen-bond acceptors (Lipinski definition) is 5. The van der Waals surface area contributed by atoms with Gasteiger partial charge in [0.1, 0.15) is 6.54 Å². The Morgan fingerprint density at radius 2 is 1.81 bits per heavy atom. The van der Waals surface area contributed by atoms with Gasteiger partial charge in [0.2, 0.25) is 11.7 Å². The number of hydrogen-bond donors (Lipinski definition) is 1. The zero-order valence-corrected chi connectivity index (χ0v) is 17.9. The van der Waals surface area contributed by atoms with Gasteiger partial charge < -0.3 is 5.32 Å². The second-order valence-electron chi connectivity index (χ2n) is 7.16. The van der Waals surface area contributed by atoms with Crippen molar-refractivity contribution >= 4 is 34.3 Å². The van der Waals surface area contributed by atoms with Gasteiger partial charge in [0.15, 0.2) is 5.16 Å². The van der Waals surface area contributed by atoms with Crippen LogP contribution in [0.4, 0.5) is 13.2 Å². The quantitative estimate of drug-likeness (QED) is 0.460. The van der Waals surface area contributed by atoms with E-state index >= 15 is 0 Å². The number of rotatable bonds is 5. The third kappa shape index (κ3) is 4.07. The topological polar surface area (TPSA) is 81.3 Å². The van der Waals surface area contributed by atoms with E-state index in [2.05, 4.69) is 10.2 Å². The molecule has 0 bridgehead atoms. The summed E-state index contributed by atoms with van der Waals surface area (Å²) in [5, 5.41) is 10.0. The minimum Gasteiger partial charge on any atom is -0.346 e. The van der Waals surface area contributed by atoms with Crippen LogP contribution in [0.2, 0.25) is 0 Å². The van der Waals surface area contributed by atoms with Crippen LogP contribution in [-0.2, 0) is 4.79 Å². The monoisotopic (exact) mass is 461 g/mol. The van der Waals surface area contributed by atoms with Crippen LogP contribution >= 0.6 is 11.8 Å². The molecule has 2 heterocycles. The van der Waals surface area contributed by atoms with Gasteiger partial charge in [0.05, 0.1) is 21.8 Å². The maximum atomic E-state index is 13.3. The lowest BCUT2D eigenvalue weighted by atomic mass is 10.2. The molecule has 0 aliphatic heterocycles. The molecule has 0 aliphatic carbocycles. The highest BCUT2D eigenvalue weighted by Crippen LogP contribution is 2.27. The lowest BCUT2D eigenvalue weighted by Gasteiger charge is -2.14. The average Bonchev–Trinajstić information content (AvgIpc) is 3.16. The zero-order chi connectivity index (χ0) is 23.0. The number of aromatic nitrogens is 4. The Morgan fingerprint density at radius 3 is 2.53 bits per heavy atom. The molecule has 1 unspecified atom stereocenters. The van der Waals surface area contributed by atoms with Gasteiger partial charge in [-0.1, -0.05) is 42.1 Å². The molecule has 32 heavy (non-hydrogen) atoms. The molecular weight excluding hydrogens is 443 g/mol. The number of nitrogens with one attached hydrogen (secondary N) is 1. The first-order valence-electron chi connectivity index (χ1n) is 9.63. The largest absolute Gasteiger partial charge is 0.405 e. The van der Waals surface area contributed by atoms with Crippen LogP contribution in [0.5, 0.6) is 0 Å². The highest BCUT2D eigenvalue weighted by molar-refractivity contribution is 8.00. The summed E-state index contributed by atoms with van der Waals surface area (Å²) in [5.41, 5.74) is 1.74. The molecule has 2 aromatic carbocycles. The van der Waals surface area contributed by atoms with Crippen molar-refractivity contribution in [1.82, 2.24) is 24.5 Å². The summed E-state index contributed by atoms with van der Waals surface area (Å²) in [6.45, 7) is 1.94.